The molecule has 0 saturated heterocycles. The smallest absolute Gasteiger partial charge is 0.222 e. The summed E-state index contributed by atoms with van der Waals surface area (Å²) in [6.45, 7) is 2.74. The summed E-state index contributed by atoms with van der Waals surface area (Å²) in [5, 5.41) is 0. The minimum absolute atomic E-state index is 0.0997. The molecule has 0 fully saturated rings. The fraction of sp³-hybridized carbons (Fsp3) is 0.950. The molecule has 1 atom stereocenters. The van der Waals surface area contributed by atoms with Crippen LogP contribution in [0.4, 0.5) is 0 Å². The number of ether oxygens (including phenoxy) is 1. The van der Waals surface area contributed by atoms with Crippen molar-refractivity contribution in [3.63, 3.8) is 0 Å². The Morgan fingerprint density at radius 3 is 1.52 bits per heavy atom. The molecular formula is C20H41NO2. The van der Waals surface area contributed by atoms with Gasteiger partial charge in [-0.15, -0.1) is 0 Å². The van der Waals surface area contributed by atoms with Crippen LogP contribution >= 0.6 is 0 Å². The zero-order chi connectivity index (χ0) is 17.2. The van der Waals surface area contributed by atoms with Gasteiger partial charge in [0.1, 0.15) is 0 Å². The third-order valence-corrected chi connectivity index (χ3v) is 4.68. The van der Waals surface area contributed by atoms with Crippen LogP contribution in [0.2, 0.25) is 0 Å². The van der Waals surface area contributed by atoms with Crippen molar-refractivity contribution in [1.82, 2.24) is 0 Å². The maximum absolute atomic E-state index is 11.2. The lowest BCUT2D eigenvalue weighted by Crippen LogP contribution is -2.26. The van der Waals surface area contributed by atoms with E-state index in [9.17, 15) is 4.79 Å². The number of hydrogen-bond acceptors (Lipinski definition) is 2. The van der Waals surface area contributed by atoms with E-state index < -0.39 is 0 Å². The average Bonchev–Trinajstić information content (AvgIpc) is 2.54. The lowest BCUT2D eigenvalue weighted by Gasteiger charge is -2.11. The largest absolute Gasteiger partial charge is 0.384 e. The number of methoxy groups -OCH3 is 1. The molecule has 0 rings (SSSR count). The Bertz CT molecular complexity index is 256. The van der Waals surface area contributed by atoms with E-state index in [1.54, 1.807) is 7.11 Å². The molecule has 0 saturated carbocycles. The second kappa shape index (κ2) is 17.8. The maximum atomic E-state index is 11.2. The topological polar surface area (TPSA) is 52.3 Å². The fourth-order valence-corrected chi connectivity index (χ4v) is 3.09. The van der Waals surface area contributed by atoms with Crippen molar-refractivity contribution in [2.24, 2.45) is 11.7 Å². The zero-order valence-corrected chi connectivity index (χ0v) is 15.8. The van der Waals surface area contributed by atoms with Gasteiger partial charge in [-0.25, -0.2) is 0 Å². The van der Waals surface area contributed by atoms with Gasteiger partial charge in [0.2, 0.25) is 5.91 Å². The summed E-state index contributed by atoms with van der Waals surface area (Å²) in [7, 11) is 1.63. The quantitative estimate of drug-likeness (QED) is 0.333. The number of amides is 1. The van der Waals surface area contributed by atoms with Gasteiger partial charge in [0.15, 0.2) is 0 Å². The van der Waals surface area contributed by atoms with Crippen molar-refractivity contribution in [1.29, 1.82) is 0 Å². The molecule has 0 aliphatic heterocycles. The summed E-state index contributed by atoms with van der Waals surface area (Å²) < 4.78 is 5.03. The zero-order valence-electron chi connectivity index (χ0n) is 15.8. The molecular weight excluding hydrogens is 286 g/mol. The van der Waals surface area contributed by atoms with E-state index in [0.717, 1.165) is 12.8 Å². The van der Waals surface area contributed by atoms with Crippen LogP contribution in [0.3, 0.4) is 0 Å². The molecule has 0 aromatic carbocycles. The highest BCUT2D eigenvalue weighted by atomic mass is 16.5. The van der Waals surface area contributed by atoms with Crippen LogP contribution in [0.1, 0.15) is 103 Å². The van der Waals surface area contributed by atoms with E-state index in [4.69, 9.17) is 10.5 Å². The molecule has 0 heterocycles. The number of unbranched alkanes of at least 4 members (excludes halogenated alkanes) is 13. The monoisotopic (exact) mass is 327 g/mol. The number of carbonyl (C=O) groups is 1. The van der Waals surface area contributed by atoms with Gasteiger partial charge in [0.25, 0.3) is 0 Å². The highest BCUT2D eigenvalue weighted by Gasteiger charge is 2.13. The Balaban J connectivity index is 3.20. The second-order valence-electron chi connectivity index (χ2n) is 6.94. The van der Waals surface area contributed by atoms with Crippen molar-refractivity contribution in [2.75, 3.05) is 13.7 Å². The van der Waals surface area contributed by atoms with Crippen molar-refractivity contribution in [2.45, 2.75) is 103 Å². The van der Waals surface area contributed by atoms with Crippen molar-refractivity contribution in [3.05, 3.63) is 0 Å². The van der Waals surface area contributed by atoms with Crippen LogP contribution in [0.15, 0.2) is 0 Å². The molecule has 3 nitrogen and oxygen atoms in total. The predicted molar refractivity (Wildman–Crippen MR) is 99.5 cm³/mol. The molecule has 23 heavy (non-hydrogen) atoms. The summed E-state index contributed by atoms with van der Waals surface area (Å²) >= 11 is 0. The Labute approximate surface area is 144 Å². The number of hydrogen-bond donors (Lipinski definition) is 1. The first-order valence-electron chi connectivity index (χ1n) is 10.0. The van der Waals surface area contributed by atoms with Crippen LogP contribution in [-0.4, -0.2) is 19.6 Å². The molecule has 0 aromatic rings. The van der Waals surface area contributed by atoms with Crippen molar-refractivity contribution < 1.29 is 9.53 Å². The molecule has 0 aromatic heterocycles. The molecule has 1 unspecified atom stereocenters. The maximum Gasteiger partial charge on any atom is 0.222 e. The second-order valence-corrected chi connectivity index (χ2v) is 6.94. The van der Waals surface area contributed by atoms with Crippen LogP contribution in [0.5, 0.6) is 0 Å². The van der Waals surface area contributed by atoms with Gasteiger partial charge in [-0.3, -0.25) is 4.79 Å². The van der Waals surface area contributed by atoms with Gasteiger partial charge >= 0.3 is 0 Å². The van der Waals surface area contributed by atoms with Crippen molar-refractivity contribution >= 4 is 5.91 Å². The van der Waals surface area contributed by atoms with Crippen LogP contribution in [0, 0.1) is 5.92 Å². The molecule has 0 spiro atoms. The minimum Gasteiger partial charge on any atom is -0.384 e. The first kappa shape index (κ1) is 22.4. The van der Waals surface area contributed by atoms with Crippen molar-refractivity contribution in [3.8, 4) is 0 Å². The summed E-state index contributed by atoms with van der Waals surface area (Å²) in [5.41, 5.74) is 5.36. The highest BCUT2D eigenvalue weighted by Crippen LogP contribution is 2.15. The molecule has 0 aliphatic rings. The molecule has 0 bridgehead atoms. The molecule has 0 radical (unpaired) electrons. The molecule has 138 valence electrons. The first-order valence-corrected chi connectivity index (χ1v) is 10.0. The normalized spacial score (nSPS) is 12.4. The van der Waals surface area contributed by atoms with E-state index >= 15 is 0 Å². The first-order chi connectivity index (χ1) is 11.2. The lowest BCUT2D eigenvalue weighted by molar-refractivity contribution is -0.123. The predicted octanol–water partition coefficient (Wildman–Crippen LogP) is 5.61. The summed E-state index contributed by atoms with van der Waals surface area (Å²) in [6.07, 6.45) is 19.9. The standard InChI is InChI=1S/C20H41NO2/c1-3-4-5-6-7-8-9-10-11-12-13-14-15-16-17-19(18-23-2)20(21)22/h19H,3-18H2,1-2H3,(H2,21,22). The van der Waals surface area contributed by atoms with Gasteiger partial charge in [-0.05, 0) is 6.42 Å². The minimum atomic E-state index is -0.221. The number of rotatable bonds is 18. The van der Waals surface area contributed by atoms with Gasteiger partial charge in [0.05, 0.1) is 12.5 Å². The van der Waals surface area contributed by atoms with E-state index in [2.05, 4.69) is 6.92 Å². The van der Waals surface area contributed by atoms with Gasteiger partial charge in [-0.2, -0.15) is 0 Å². The number of primary amides is 1. The molecule has 2 N–H and O–H groups in total. The Morgan fingerprint density at radius 1 is 0.783 bits per heavy atom. The van der Waals surface area contributed by atoms with E-state index in [-0.39, 0.29) is 11.8 Å². The SMILES string of the molecule is CCCCCCCCCCCCCCCCC(COC)C(N)=O. The summed E-state index contributed by atoms with van der Waals surface area (Å²) in [4.78, 5) is 11.2. The Morgan fingerprint density at radius 2 is 1.17 bits per heavy atom. The van der Waals surface area contributed by atoms with E-state index in [1.807, 2.05) is 0 Å². The number of carbonyl (C=O) groups excluding carboxylic acids is 1. The van der Waals surface area contributed by atoms with E-state index in [1.165, 1.54) is 83.5 Å². The Kier molecular flexibility index (Phi) is 17.3. The van der Waals surface area contributed by atoms with Gasteiger partial charge in [-0.1, -0.05) is 96.8 Å². The summed E-state index contributed by atoms with van der Waals surface area (Å²) in [6, 6.07) is 0. The third kappa shape index (κ3) is 16.1. The molecule has 3 heteroatoms. The molecule has 1 amide bonds. The van der Waals surface area contributed by atoms with Gasteiger partial charge < -0.3 is 10.5 Å². The molecule has 0 aliphatic carbocycles. The van der Waals surface area contributed by atoms with Gasteiger partial charge in [0, 0.05) is 7.11 Å². The fourth-order valence-electron chi connectivity index (χ4n) is 3.09. The highest BCUT2D eigenvalue weighted by molar-refractivity contribution is 5.76. The van der Waals surface area contributed by atoms with E-state index in [0.29, 0.717) is 6.61 Å². The Hall–Kier alpha value is -0.570. The van der Waals surface area contributed by atoms with Crippen LogP contribution < -0.4 is 5.73 Å². The average molecular weight is 328 g/mol. The van der Waals surface area contributed by atoms with Crippen LogP contribution in [0.25, 0.3) is 0 Å². The number of nitrogens with two attached hydrogens (primary N) is 1. The summed E-state index contributed by atoms with van der Waals surface area (Å²) in [5.74, 6) is -0.320. The lowest BCUT2D eigenvalue weighted by atomic mass is 10.00. The third-order valence-electron chi connectivity index (χ3n) is 4.68. The van der Waals surface area contributed by atoms with Crippen LogP contribution in [-0.2, 0) is 9.53 Å².